The Kier molecular flexibility index (Phi) is 4.64. The molecule has 1 N–H and O–H groups in total. The van der Waals surface area contributed by atoms with Crippen molar-refractivity contribution in [1.82, 2.24) is 14.7 Å². The summed E-state index contributed by atoms with van der Waals surface area (Å²) in [5, 5.41) is 13.6. The number of hydrogen-bond donors (Lipinski definition) is 1. The lowest BCUT2D eigenvalue weighted by molar-refractivity contribution is -0.144. The number of carboxylic acid groups (broad SMARTS) is 1. The van der Waals surface area contributed by atoms with Crippen molar-refractivity contribution in [2.75, 3.05) is 6.54 Å². The Bertz CT molecular complexity index is 726. The molecule has 0 radical (unpaired) electrons. The van der Waals surface area contributed by atoms with Crippen molar-refractivity contribution in [3.63, 3.8) is 0 Å². The van der Waals surface area contributed by atoms with Gasteiger partial charge in [0.25, 0.3) is 5.91 Å². The third-order valence-electron chi connectivity index (χ3n) is 4.63. The van der Waals surface area contributed by atoms with Gasteiger partial charge >= 0.3 is 5.97 Å². The van der Waals surface area contributed by atoms with Crippen molar-refractivity contribution in [2.24, 2.45) is 5.92 Å². The molecule has 2 atom stereocenters. The zero-order chi connectivity index (χ0) is 17.1. The maximum Gasteiger partial charge on any atom is 0.308 e. The first-order valence-corrected chi connectivity index (χ1v) is 8.16. The van der Waals surface area contributed by atoms with Gasteiger partial charge < -0.3 is 10.0 Å². The fourth-order valence-electron chi connectivity index (χ4n) is 3.26. The highest BCUT2D eigenvalue weighted by Gasteiger charge is 2.35. The molecule has 1 fully saturated rings. The topological polar surface area (TPSA) is 75.4 Å². The van der Waals surface area contributed by atoms with E-state index in [-0.39, 0.29) is 11.9 Å². The number of benzene rings is 1. The van der Waals surface area contributed by atoms with Gasteiger partial charge in [0.1, 0.15) is 0 Å². The SMILES string of the molecule is C[C@@H]1[C@H](C(=O)O)CCCN1C(=O)c1cnn(Cc2ccccc2)c1. The molecule has 2 aromatic rings. The second-order valence-corrected chi connectivity index (χ2v) is 6.24. The summed E-state index contributed by atoms with van der Waals surface area (Å²) in [6.07, 6.45) is 4.62. The molecule has 1 aliphatic heterocycles. The van der Waals surface area contributed by atoms with Crippen LogP contribution in [0.25, 0.3) is 0 Å². The van der Waals surface area contributed by atoms with Gasteiger partial charge in [-0.1, -0.05) is 30.3 Å². The molecule has 1 aromatic carbocycles. The Labute approximate surface area is 140 Å². The van der Waals surface area contributed by atoms with E-state index in [0.29, 0.717) is 31.5 Å². The molecule has 1 amide bonds. The third-order valence-corrected chi connectivity index (χ3v) is 4.63. The van der Waals surface area contributed by atoms with Crippen molar-refractivity contribution in [1.29, 1.82) is 0 Å². The fourth-order valence-corrected chi connectivity index (χ4v) is 3.26. The quantitative estimate of drug-likeness (QED) is 0.934. The lowest BCUT2D eigenvalue weighted by atomic mass is 9.90. The first-order chi connectivity index (χ1) is 11.6. The molecule has 6 heteroatoms. The van der Waals surface area contributed by atoms with Gasteiger partial charge in [-0.25, -0.2) is 0 Å². The predicted molar refractivity (Wildman–Crippen MR) is 88.6 cm³/mol. The second-order valence-electron chi connectivity index (χ2n) is 6.24. The number of carbonyl (C=O) groups is 2. The van der Waals surface area contributed by atoms with Gasteiger partial charge in [0.05, 0.1) is 24.2 Å². The van der Waals surface area contributed by atoms with Crippen molar-refractivity contribution in [2.45, 2.75) is 32.4 Å². The number of aliphatic carboxylic acids is 1. The van der Waals surface area contributed by atoms with Crippen LogP contribution in [0, 0.1) is 5.92 Å². The molecular weight excluding hydrogens is 306 g/mol. The van der Waals surface area contributed by atoms with Crippen LogP contribution in [0.5, 0.6) is 0 Å². The zero-order valence-electron chi connectivity index (χ0n) is 13.6. The molecular formula is C18H21N3O3. The summed E-state index contributed by atoms with van der Waals surface area (Å²) in [6.45, 7) is 3.00. The Morgan fingerprint density at radius 2 is 2.04 bits per heavy atom. The Morgan fingerprint density at radius 3 is 2.75 bits per heavy atom. The van der Waals surface area contributed by atoms with Crippen LogP contribution < -0.4 is 0 Å². The molecule has 0 aliphatic carbocycles. The lowest BCUT2D eigenvalue weighted by Gasteiger charge is -2.37. The minimum atomic E-state index is -0.834. The first-order valence-electron chi connectivity index (χ1n) is 8.16. The first kappa shape index (κ1) is 16.2. The maximum absolute atomic E-state index is 12.7. The lowest BCUT2D eigenvalue weighted by Crippen LogP contribution is -2.49. The molecule has 1 saturated heterocycles. The molecule has 126 valence electrons. The number of piperidine rings is 1. The van der Waals surface area contributed by atoms with Gasteiger partial charge in [-0.15, -0.1) is 0 Å². The van der Waals surface area contributed by atoms with Crippen molar-refractivity contribution < 1.29 is 14.7 Å². The standard InChI is InChI=1S/C18H21N3O3/c1-13-16(18(23)24)8-5-9-21(13)17(22)15-10-19-20(12-15)11-14-6-3-2-4-7-14/h2-4,6-7,10,12-13,16H,5,8-9,11H2,1H3,(H,23,24)/t13-,16-/m1/s1. The van der Waals surface area contributed by atoms with Crippen molar-refractivity contribution in [3.8, 4) is 0 Å². The summed E-state index contributed by atoms with van der Waals surface area (Å²) in [7, 11) is 0. The van der Waals surface area contributed by atoms with Crippen LogP contribution in [0.4, 0.5) is 0 Å². The van der Waals surface area contributed by atoms with Gasteiger partial charge in [-0.05, 0) is 25.3 Å². The number of carboxylic acids is 1. The predicted octanol–water partition coefficient (Wildman–Crippen LogP) is 2.26. The summed E-state index contributed by atoms with van der Waals surface area (Å²) >= 11 is 0. The summed E-state index contributed by atoms with van der Waals surface area (Å²) in [5.41, 5.74) is 1.61. The number of amides is 1. The van der Waals surface area contributed by atoms with Crippen LogP contribution >= 0.6 is 0 Å². The highest BCUT2D eigenvalue weighted by atomic mass is 16.4. The van der Waals surface area contributed by atoms with Crippen molar-refractivity contribution >= 4 is 11.9 Å². The van der Waals surface area contributed by atoms with Crippen LogP contribution in [0.3, 0.4) is 0 Å². The van der Waals surface area contributed by atoms with E-state index in [9.17, 15) is 14.7 Å². The molecule has 24 heavy (non-hydrogen) atoms. The van der Waals surface area contributed by atoms with E-state index in [1.807, 2.05) is 37.3 Å². The van der Waals surface area contributed by atoms with E-state index in [1.165, 1.54) is 0 Å². The minimum Gasteiger partial charge on any atom is -0.481 e. The summed E-state index contributed by atoms with van der Waals surface area (Å²) in [6, 6.07) is 9.60. The number of rotatable bonds is 4. The highest BCUT2D eigenvalue weighted by molar-refractivity contribution is 5.94. The summed E-state index contributed by atoms with van der Waals surface area (Å²) in [5.74, 6) is -1.48. The molecule has 1 aliphatic rings. The van der Waals surface area contributed by atoms with E-state index >= 15 is 0 Å². The fraction of sp³-hybridized carbons (Fsp3) is 0.389. The van der Waals surface area contributed by atoms with Gasteiger partial charge in [0.2, 0.25) is 0 Å². The largest absolute Gasteiger partial charge is 0.481 e. The molecule has 6 nitrogen and oxygen atoms in total. The normalized spacial score (nSPS) is 20.8. The number of nitrogens with zero attached hydrogens (tertiary/aromatic N) is 3. The van der Waals surface area contributed by atoms with Crippen LogP contribution in [0.2, 0.25) is 0 Å². The monoisotopic (exact) mass is 327 g/mol. The average molecular weight is 327 g/mol. The van der Waals surface area contributed by atoms with E-state index in [0.717, 1.165) is 5.56 Å². The number of aromatic nitrogens is 2. The second kappa shape index (κ2) is 6.86. The molecule has 1 aromatic heterocycles. The van der Waals surface area contributed by atoms with E-state index in [1.54, 1.807) is 22.0 Å². The smallest absolute Gasteiger partial charge is 0.308 e. The minimum absolute atomic E-state index is 0.146. The van der Waals surface area contributed by atoms with Crippen molar-refractivity contribution in [3.05, 3.63) is 53.9 Å². The van der Waals surface area contributed by atoms with E-state index in [4.69, 9.17) is 0 Å². The van der Waals surface area contributed by atoms with Gasteiger partial charge in [-0.3, -0.25) is 14.3 Å². The molecule has 0 bridgehead atoms. The molecule has 0 saturated carbocycles. The number of likely N-dealkylation sites (tertiary alicyclic amines) is 1. The average Bonchev–Trinajstić information content (AvgIpc) is 3.03. The van der Waals surface area contributed by atoms with Gasteiger partial charge in [0.15, 0.2) is 0 Å². The summed E-state index contributed by atoms with van der Waals surface area (Å²) in [4.78, 5) is 25.7. The Balaban J connectivity index is 1.72. The molecule has 2 heterocycles. The maximum atomic E-state index is 12.7. The van der Waals surface area contributed by atoms with E-state index in [2.05, 4.69) is 5.10 Å². The molecule has 0 unspecified atom stereocenters. The third kappa shape index (κ3) is 3.32. The van der Waals surface area contributed by atoms with Crippen LogP contribution in [0.1, 0.15) is 35.7 Å². The molecule has 0 spiro atoms. The van der Waals surface area contributed by atoms with Crippen LogP contribution in [-0.2, 0) is 11.3 Å². The zero-order valence-corrected chi connectivity index (χ0v) is 13.6. The van der Waals surface area contributed by atoms with Crippen LogP contribution in [0.15, 0.2) is 42.7 Å². The Hall–Kier alpha value is -2.63. The Morgan fingerprint density at radius 1 is 1.29 bits per heavy atom. The molecule has 3 rings (SSSR count). The van der Waals surface area contributed by atoms with Crippen LogP contribution in [-0.4, -0.2) is 44.3 Å². The highest BCUT2D eigenvalue weighted by Crippen LogP contribution is 2.25. The van der Waals surface area contributed by atoms with Gasteiger partial charge in [0, 0.05) is 18.8 Å². The number of hydrogen-bond acceptors (Lipinski definition) is 3. The van der Waals surface area contributed by atoms with E-state index < -0.39 is 11.9 Å². The number of carbonyl (C=O) groups excluding carboxylic acids is 1. The van der Waals surface area contributed by atoms with Gasteiger partial charge in [-0.2, -0.15) is 5.10 Å². The summed E-state index contributed by atoms with van der Waals surface area (Å²) < 4.78 is 1.73.